The molecule has 0 radical (unpaired) electrons. The summed E-state index contributed by atoms with van der Waals surface area (Å²) in [5, 5.41) is 14.2. The van der Waals surface area contributed by atoms with Crippen LogP contribution in [0.3, 0.4) is 0 Å². The second-order valence-corrected chi connectivity index (χ2v) is 9.15. The van der Waals surface area contributed by atoms with Crippen LogP contribution in [0.15, 0.2) is 54.1 Å². The van der Waals surface area contributed by atoms with E-state index in [1.54, 1.807) is 0 Å². The molecule has 2 aliphatic rings. The number of unbranched alkanes of at least 4 members (excludes halogenated alkanes) is 2. The third-order valence-corrected chi connectivity index (χ3v) is 6.59. The lowest BCUT2D eigenvalue weighted by molar-refractivity contribution is -0.137. The van der Waals surface area contributed by atoms with Crippen LogP contribution < -0.4 is 10.1 Å². The zero-order valence-corrected chi connectivity index (χ0v) is 19.2. The Morgan fingerprint density at radius 3 is 2.55 bits per heavy atom. The van der Waals surface area contributed by atoms with Gasteiger partial charge in [0.15, 0.2) is 0 Å². The Morgan fingerprint density at radius 2 is 1.79 bits per heavy atom. The molecule has 2 aromatic rings. The number of hydrogen-bond donors (Lipinski definition) is 2. The van der Waals surface area contributed by atoms with Crippen molar-refractivity contribution in [2.75, 3.05) is 19.7 Å². The molecule has 1 aliphatic carbocycles. The van der Waals surface area contributed by atoms with Gasteiger partial charge in [-0.3, -0.25) is 9.59 Å². The number of nitrogens with zero attached hydrogens (tertiary/aromatic N) is 1. The normalized spacial score (nSPS) is 17.8. The molecule has 0 spiro atoms. The van der Waals surface area contributed by atoms with Gasteiger partial charge >= 0.3 is 5.97 Å². The van der Waals surface area contributed by atoms with Crippen LogP contribution >= 0.6 is 0 Å². The number of nitrogens with one attached hydrogen (secondary N) is 1. The molecule has 6 nitrogen and oxygen atoms in total. The molecule has 2 N–H and O–H groups in total. The molecule has 6 heteroatoms. The van der Waals surface area contributed by atoms with Gasteiger partial charge in [0.2, 0.25) is 0 Å². The van der Waals surface area contributed by atoms with Crippen LogP contribution in [-0.4, -0.2) is 53.7 Å². The van der Waals surface area contributed by atoms with Gasteiger partial charge in [-0.05, 0) is 56.4 Å². The Morgan fingerprint density at radius 1 is 1.03 bits per heavy atom. The molecule has 4 rings (SSSR count). The monoisotopic (exact) mass is 450 g/mol. The number of carboxylic acids is 1. The van der Waals surface area contributed by atoms with Crippen molar-refractivity contribution in [1.29, 1.82) is 0 Å². The maximum absolute atomic E-state index is 13.1. The highest BCUT2D eigenvalue weighted by molar-refractivity contribution is 5.94. The molecular weight excluding hydrogens is 416 g/mol. The maximum Gasteiger partial charge on any atom is 0.303 e. The van der Waals surface area contributed by atoms with Crippen molar-refractivity contribution in [3.63, 3.8) is 0 Å². The summed E-state index contributed by atoms with van der Waals surface area (Å²) >= 11 is 0. The van der Waals surface area contributed by atoms with E-state index in [0.717, 1.165) is 54.9 Å². The highest BCUT2D eigenvalue weighted by Gasteiger charge is 2.32. The molecule has 2 fully saturated rings. The van der Waals surface area contributed by atoms with E-state index in [9.17, 15) is 9.59 Å². The molecule has 1 amide bonds. The molecule has 1 heterocycles. The third-order valence-electron chi connectivity index (χ3n) is 6.59. The lowest BCUT2D eigenvalue weighted by atomic mass is 10.0. The number of hydrogen-bond acceptors (Lipinski definition) is 4. The minimum Gasteiger partial charge on any atom is -0.488 e. The molecule has 1 saturated carbocycles. The number of aliphatic carboxylic acids is 1. The molecule has 0 unspecified atom stereocenters. The van der Waals surface area contributed by atoms with E-state index in [1.807, 2.05) is 48.5 Å². The predicted molar refractivity (Wildman–Crippen MR) is 129 cm³/mol. The number of benzene rings is 2. The number of rotatable bonds is 11. The molecule has 2 aromatic carbocycles. The summed E-state index contributed by atoms with van der Waals surface area (Å²) in [6.07, 6.45) is 8.67. The SMILES string of the molecule is O=C(O)CCCC/C=C(\COc1cccc2ccccc12)C(=O)NC1CCN(C2CC2)CC1. The van der Waals surface area contributed by atoms with Crippen molar-refractivity contribution in [2.45, 2.75) is 63.5 Å². The highest BCUT2D eigenvalue weighted by Crippen LogP contribution is 2.29. The number of allylic oxidation sites excluding steroid dienone is 1. The highest BCUT2D eigenvalue weighted by atomic mass is 16.5. The van der Waals surface area contributed by atoms with Gasteiger partial charge in [0.1, 0.15) is 12.4 Å². The standard InChI is InChI=1S/C27H34N2O4/c30-26(31)12-3-1-2-8-21(19-33-25-11-6-9-20-7-4-5-10-24(20)25)27(32)28-22-15-17-29(18-16-22)23-13-14-23/h4-11,22-23H,1-3,12-19H2,(H,28,32)(H,30,31)/b21-8+. The van der Waals surface area contributed by atoms with Crippen molar-refractivity contribution in [2.24, 2.45) is 0 Å². The molecule has 176 valence electrons. The molecule has 0 atom stereocenters. The molecule has 1 saturated heterocycles. The van der Waals surface area contributed by atoms with Gasteiger partial charge in [-0.25, -0.2) is 0 Å². The maximum atomic E-state index is 13.1. The first kappa shape index (κ1) is 23.3. The van der Waals surface area contributed by atoms with Gasteiger partial charge in [-0.2, -0.15) is 0 Å². The van der Waals surface area contributed by atoms with Crippen molar-refractivity contribution < 1.29 is 19.4 Å². The smallest absolute Gasteiger partial charge is 0.303 e. The minimum atomic E-state index is -0.784. The summed E-state index contributed by atoms with van der Waals surface area (Å²) in [6.45, 7) is 2.30. The average molecular weight is 451 g/mol. The van der Waals surface area contributed by atoms with Gasteiger partial charge in [-0.1, -0.05) is 42.5 Å². The second kappa shape index (κ2) is 11.3. The minimum absolute atomic E-state index is 0.0710. The summed E-state index contributed by atoms with van der Waals surface area (Å²) < 4.78 is 6.11. The average Bonchev–Trinajstić information content (AvgIpc) is 3.66. The molecule has 0 bridgehead atoms. The molecule has 1 aliphatic heterocycles. The summed E-state index contributed by atoms with van der Waals surface area (Å²) in [5.74, 6) is -0.0949. The summed E-state index contributed by atoms with van der Waals surface area (Å²) in [4.78, 5) is 26.4. The quantitative estimate of drug-likeness (QED) is 0.388. The van der Waals surface area contributed by atoms with Crippen LogP contribution in [0.25, 0.3) is 10.8 Å². The number of fused-ring (bicyclic) bond motifs is 1. The number of carboxylic acid groups (broad SMARTS) is 1. The zero-order chi connectivity index (χ0) is 23.0. The van der Waals surface area contributed by atoms with Crippen LogP contribution in [-0.2, 0) is 9.59 Å². The Bertz CT molecular complexity index is 985. The Balaban J connectivity index is 1.37. The molecule has 0 aromatic heterocycles. The topological polar surface area (TPSA) is 78.9 Å². The predicted octanol–water partition coefficient (Wildman–Crippen LogP) is 4.53. The fraction of sp³-hybridized carbons (Fsp3) is 0.481. The van der Waals surface area contributed by atoms with Crippen molar-refractivity contribution in [3.05, 3.63) is 54.1 Å². The van der Waals surface area contributed by atoms with E-state index in [2.05, 4.69) is 10.2 Å². The van der Waals surface area contributed by atoms with E-state index in [4.69, 9.17) is 9.84 Å². The van der Waals surface area contributed by atoms with Gasteiger partial charge in [0.05, 0.1) is 5.57 Å². The number of carbonyl (C=O) groups excluding carboxylic acids is 1. The molecular formula is C27H34N2O4. The van der Waals surface area contributed by atoms with Crippen LogP contribution in [0, 0.1) is 0 Å². The van der Waals surface area contributed by atoms with Crippen molar-refractivity contribution in [3.8, 4) is 5.75 Å². The fourth-order valence-corrected chi connectivity index (χ4v) is 4.52. The number of amides is 1. The number of ether oxygens (including phenoxy) is 1. The first-order chi connectivity index (χ1) is 16.1. The van der Waals surface area contributed by atoms with Gasteiger partial charge in [0.25, 0.3) is 5.91 Å². The second-order valence-electron chi connectivity index (χ2n) is 9.15. The van der Waals surface area contributed by atoms with E-state index >= 15 is 0 Å². The number of likely N-dealkylation sites (tertiary alicyclic amines) is 1. The van der Waals surface area contributed by atoms with Gasteiger partial charge in [-0.15, -0.1) is 0 Å². The first-order valence-corrected chi connectivity index (χ1v) is 12.2. The lowest BCUT2D eigenvalue weighted by Crippen LogP contribution is -2.46. The van der Waals surface area contributed by atoms with Crippen LogP contribution in [0.5, 0.6) is 5.75 Å². The van der Waals surface area contributed by atoms with Crippen molar-refractivity contribution >= 4 is 22.6 Å². The Kier molecular flexibility index (Phi) is 8.00. The largest absolute Gasteiger partial charge is 0.488 e. The Labute approximate surface area is 195 Å². The summed E-state index contributed by atoms with van der Waals surface area (Å²) in [6, 6.07) is 14.9. The van der Waals surface area contributed by atoms with Crippen molar-refractivity contribution in [1.82, 2.24) is 10.2 Å². The summed E-state index contributed by atoms with van der Waals surface area (Å²) in [5.41, 5.74) is 0.614. The number of piperidine rings is 1. The molecule has 33 heavy (non-hydrogen) atoms. The van der Waals surface area contributed by atoms with Crippen LogP contribution in [0.1, 0.15) is 51.4 Å². The summed E-state index contributed by atoms with van der Waals surface area (Å²) in [7, 11) is 0. The van der Waals surface area contributed by atoms with Crippen LogP contribution in [0.4, 0.5) is 0 Å². The van der Waals surface area contributed by atoms with E-state index in [1.165, 1.54) is 12.8 Å². The van der Waals surface area contributed by atoms with Gasteiger partial charge in [0, 0.05) is 37.0 Å². The van der Waals surface area contributed by atoms with E-state index in [-0.39, 0.29) is 25.0 Å². The van der Waals surface area contributed by atoms with Gasteiger partial charge < -0.3 is 20.1 Å². The van der Waals surface area contributed by atoms with E-state index < -0.39 is 5.97 Å². The fourth-order valence-electron chi connectivity index (χ4n) is 4.52. The first-order valence-electron chi connectivity index (χ1n) is 12.2. The number of carbonyl (C=O) groups is 2. The van der Waals surface area contributed by atoms with E-state index in [0.29, 0.717) is 18.4 Å². The Hall–Kier alpha value is -2.86. The zero-order valence-electron chi connectivity index (χ0n) is 19.2. The third kappa shape index (κ3) is 6.81. The lowest BCUT2D eigenvalue weighted by Gasteiger charge is -2.32. The van der Waals surface area contributed by atoms with Crippen LogP contribution in [0.2, 0.25) is 0 Å².